The van der Waals surface area contributed by atoms with Crippen LogP contribution in [0.1, 0.15) is 57.2 Å². The highest BCUT2D eigenvalue weighted by molar-refractivity contribution is 7.99. The number of nitrogens with one attached hydrogen (secondary N) is 2. The molecule has 2 N–H and O–H groups in total. The Morgan fingerprint density at radius 2 is 2.09 bits per heavy atom. The van der Waals surface area contributed by atoms with Gasteiger partial charge in [-0.05, 0) is 41.6 Å². The van der Waals surface area contributed by atoms with Crippen molar-refractivity contribution in [3.8, 4) is 0 Å². The van der Waals surface area contributed by atoms with Crippen molar-refractivity contribution in [1.29, 1.82) is 0 Å². The van der Waals surface area contributed by atoms with E-state index in [4.69, 9.17) is 0 Å². The monoisotopic (exact) mass is 332 g/mol. The van der Waals surface area contributed by atoms with Gasteiger partial charge in [0.1, 0.15) is 5.50 Å². The number of hydrogen-bond acceptors (Lipinski definition) is 3. The summed E-state index contributed by atoms with van der Waals surface area (Å²) < 4.78 is 0. The van der Waals surface area contributed by atoms with Gasteiger partial charge in [-0.3, -0.25) is 10.1 Å². The van der Waals surface area contributed by atoms with Crippen molar-refractivity contribution in [2.75, 3.05) is 5.75 Å². The summed E-state index contributed by atoms with van der Waals surface area (Å²) in [5.41, 5.74) is 2.77. The average Bonchev–Trinajstić information content (AvgIpc) is 2.55. The third kappa shape index (κ3) is 3.16. The van der Waals surface area contributed by atoms with E-state index in [0.717, 1.165) is 18.6 Å². The van der Waals surface area contributed by atoms with Crippen LogP contribution in [0.25, 0.3) is 0 Å². The zero-order valence-corrected chi connectivity index (χ0v) is 15.2. The summed E-state index contributed by atoms with van der Waals surface area (Å²) in [6.07, 6.45) is 4.39. The topological polar surface area (TPSA) is 41.1 Å². The largest absolute Gasteiger partial charge is 0.331 e. The zero-order chi connectivity index (χ0) is 16.4. The lowest BCUT2D eigenvalue weighted by molar-refractivity contribution is -0.134. The fourth-order valence-corrected chi connectivity index (χ4v) is 5.12. The first-order valence-corrected chi connectivity index (χ1v) is 9.89. The van der Waals surface area contributed by atoms with Crippen LogP contribution in [-0.2, 0) is 11.2 Å². The van der Waals surface area contributed by atoms with Gasteiger partial charge in [0.25, 0.3) is 0 Å². The lowest BCUT2D eigenvalue weighted by Crippen LogP contribution is -2.61. The van der Waals surface area contributed by atoms with E-state index in [2.05, 4.69) is 55.7 Å². The normalized spacial score (nSPS) is 32.8. The second-order valence-electron chi connectivity index (χ2n) is 7.12. The summed E-state index contributed by atoms with van der Waals surface area (Å²) in [5.74, 6) is 1.32. The van der Waals surface area contributed by atoms with E-state index in [1.54, 1.807) is 0 Å². The van der Waals surface area contributed by atoms with Crippen molar-refractivity contribution < 1.29 is 4.79 Å². The van der Waals surface area contributed by atoms with Gasteiger partial charge in [-0.25, -0.2) is 0 Å². The molecule has 23 heavy (non-hydrogen) atoms. The second-order valence-corrected chi connectivity index (χ2v) is 8.33. The number of amides is 1. The minimum atomic E-state index is 0.0189. The smallest absolute Gasteiger partial charge is 0.227 e. The summed E-state index contributed by atoms with van der Waals surface area (Å²) >= 11 is 1.82. The molecule has 3 rings (SSSR count). The zero-order valence-electron chi connectivity index (χ0n) is 14.4. The first-order valence-electron chi connectivity index (χ1n) is 8.85. The number of carbonyl (C=O) groups excluding carboxylic acids is 1. The van der Waals surface area contributed by atoms with Crippen molar-refractivity contribution in [3.05, 3.63) is 35.4 Å². The van der Waals surface area contributed by atoms with E-state index in [9.17, 15) is 4.79 Å². The van der Waals surface area contributed by atoms with Crippen LogP contribution in [0, 0.1) is 11.3 Å². The standard InChI is InChI=1S/C19H28N2OS/c1-4-6-11-23-18-20-16-14-10-8-7-9-13(14)12-19(3,5-2)15(16)17(22)21-18/h7-10,15-16,18,20H,4-6,11-12H2,1-3H3,(H,21,22). The molecule has 1 aromatic carbocycles. The molecular weight excluding hydrogens is 304 g/mol. The number of rotatable bonds is 5. The molecular formula is C19H28N2OS. The lowest BCUT2D eigenvalue weighted by Gasteiger charge is -2.50. The molecule has 1 aliphatic heterocycles. The van der Waals surface area contributed by atoms with Crippen molar-refractivity contribution >= 4 is 17.7 Å². The highest BCUT2D eigenvalue weighted by atomic mass is 32.2. The van der Waals surface area contributed by atoms with Crippen LogP contribution in [0.5, 0.6) is 0 Å². The SMILES string of the molecule is CCCCSC1NC(=O)C2C(N1)c1ccccc1CC2(C)CC. The Balaban J connectivity index is 1.89. The molecule has 1 aliphatic carbocycles. The van der Waals surface area contributed by atoms with E-state index < -0.39 is 0 Å². The van der Waals surface area contributed by atoms with E-state index in [0.29, 0.717) is 0 Å². The van der Waals surface area contributed by atoms with Crippen LogP contribution in [0.3, 0.4) is 0 Å². The molecule has 1 heterocycles. The summed E-state index contributed by atoms with van der Waals surface area (Å²) in [5, 5.41) is 6.93. The van der Waals surface area contributed by atoms with Gasteiger partial charge < -0.3 is 5.32 Å². The molecule has 4 unspecified atom stereocenters. The number of thioether (sulfide) groups is 1. The third-order valence-electron chi connectivity index (χ3n) is 5.55. The average molecular weight is 333 g/mol. The number of benzene rings is 1. The highest BCUT2D eigenvalue weighted by Gasteiger charge is 2.50. The molecule has 3 nitrogen and oxygen atoms in total. The fourth-order valence-electron chi connectivity index (χ4n) is 3.98. The molecule has 4 atom stereocenters. The van der Waals surface area contributed by atoms with E-state index in [-0.39, 0.29) is 28.8 Å². The Bertz CT molecular complexity index is 576. The van der Waals surface area contributed by atoms with Gasteiger partial charge in [0.15, 0.2) is 0 Å². The van der Waals surface area contributed by atoms with Crippen molar-refractivity contribution in [2.45, 2.75) is 58.0 Å². The molecule has 1 amide bonds. The number of carbonyl (C=O) groups is 1. The van der Waals surface area contributed by atoms with Crippen LogP contribution in [-0.4, -0.2) is 17.2 Å². The van der Waals surface area contributed by atoms with E-state index in [1.165, 1.54) is 24.0 Å². The number of unbranched alkanes of at least 4 members (excludes halogenated alkanes) is 1. The Morgan fingerprint density at radius 1 is 1.30 bits per heavy atom. The molecule has 0 bridgehead atoms. The summed E-state index contributed by atoms with van der Waals surface area (Å²) in [7, 11) is 0. The van der Waals surface area contributed by atoms with Crippen molar-refractivity contribution in [3.63, 3.8) is 0 Å². The Morgan fingerprint density at radius 3 is 2.83 bits per heavy atom. The molecule has 2 aliphatic rings. The van der Waals surface area contributed by atoms with Gasteiger partial charge >= 0.3 is 0 Å². The van der Waals surface area contributed by atoms with E-state index >= 15 is 0 Å². The third-order valence-corrected chi connectivity index (χ3v) is 6.66. The number of hydrogen-bond donors (Lipinski definition) is 2. The van der Waals surface area contributed by atoms with Crippen LogP contribution < -0.4 is 10.6 Å². The first-order chi connectivity index (χ1) is 11.1. The van der Waals surface area contributed by atoms with Gasteiger partial charge in [-0.2, -0.15) is 0 Å². The predicted octanol–water partition coefficient (Wildman–Crippen LogP) is 3.85. The van der Waals surface area contributed by atoms with Crippen LogP contribution in [0.2, 0.25) is 0 Å². The molecule has 126 valence electrons. The van der Waals surface area contributed by atoms with Gasteiger partial charge in [0.05, 0.1) is 5.92 Å². The van der Waals surface area contributed by atoms with Crippen LogP contribution in [0.15, 0.2) is 24.3 Å². The lowest BCUT2D eigenvalue weighted by atomic mass is 9.61. The molecule has 1 fully saturated rings. The van der Waals surface area contributed by atoms with Gasteiger partial charge in [-0.1, -0.05) is 51.5 Å². The van der Waals surface area contributed by atoms with Gasteiger partial charge in [-0.15, -0.1) is 11.8 Å². The molecule has 0 saturated carbocycles. The summed E-state index contributed by atoms with van der Waals surface area (Å²) in [6.45, 7) is 6.68. The molecule has 0 aromatic heterocycles. The quantitative estimate of drug-likeness (QED) is 0.805. The van der Waals surface area contributed by atoms with E-state index in [1.807, 2.05) is 11.8 Å². The maximum Gasteiger partial charge on any atom is 0.227 e. The first kappa shape index (κ1) is 16.8. The van der Waals surface area contributed by atoms with Crippen LogP contribution >= 0.6 is 11.8 Å². The number of fused-ring (bicyclic) bond motifs is 3. The van der Waals surface area contributed by atoms with Crippen LogP contribution in [0.4, 0.5) is 0 Å². The minimum absolute atomic E-state index is 0.0189. The Labute approximate surface area is 144 Å². The predicted molar refractivity (Wildman–Crippen MR) is 97.2 cm³/mol. The highest BCUT2D eigenvalue weighted by Crippen LogP contribution is 2.49. The van der Waals surface area contributed by atoms with Crippen molar-refractivity contribution in [1.82, 2.24) is 10.6 Å². The molecule has 1 aromatic rings. The fraction of sp³-hybridized carbons (Fsp3) is 0.632. The summed E-state index contributed by atoms with van der Waals surface area (Å²) in [6, 6.07) is 8.77. The molecule has 0 radical (unpaired) electrons. The minimum Gasteiger partial charge on any atom is -0.331 e. The van der Waals surface area contributed by atoms with Crippen molar-refractivity contribution in [2.24, 2.45) is 11.3 Å². The maximum absolute atomic E-state index is 12.9. The second kappa shape index (κ2) is 6.86. The molecule has 1 saturated heterocycles. The Kier molecular flexibility index (Phi) is 5.02. The summed E-state index contributed by atoms with van der Waals surface area (Å²) in [4.78, 5) is 12.9. The Hall–Kier alpha value is -1.00. The molecule has 0 spiro atoms. The van der Waals surface area contributed by atoms with Gasteiger partial charge in [0.2, 0.25) is 5.91 Å². The van der Waals surface area contributed by atoms with Gasteiger partial charge in [0, 0.05) is 6.04 Å². The maximum atomic E-state index is 12.9. The molecule has 4 heteroatoms.